The van der Waals surface area contributed by atoms with Crippen molar-refractivity contribution >= 4 is 29.9 Å². The maximum absolute atomic E-state index is 5.83. The van der Waals surface area contributed by atoms with E-state index in [9.17, 15) is 0 Å². The molecule has 1 heterocycles. The Labute approximate surface area is 186 Å². The van der Waals surface area contributed by atoms with E-state index in [1.54, 1.807) is 0 Å². The van der Waals surface area contributed by atoms with Gasteiger partial charge < -0.3 is 15.4 Å². The first-order chi connectivity index (χ1) is 13.0. The number of aromatic nitrogens is 2. The quantitative estimate of drug-likeness (QED) is 0.315. The van der Waals surface area contributed by atoms with Crippen LogP contribution in [0.5, 0.6) is 0 Å². The first-order valence-corrected chi connectivity index (χ1v) is 9.64. The number of aryl methyl sites for hydroxylation is 2. The Morgan fingerprint density at radius 1 is 1.21 bits per heavy atom. The first kappa shape index (κ1) is 24.4. The van der Waals surface area contributed by atoms with Crippen LogP contribution in [0.3, 0.4) is 0 Å². The van der Waals surface area contributed by atoms with E-state index in [0.29, 0.717) is 25.7 Å². The van der Waals surface area contributed by atoms with Gasteiger partial charge in [-0.3, -0.25) is 4.68 Å². The zero-order chi connectivity index (χ0) is 19.6. The first-order valence-electron chi connectivity index (χ1n) is 9.64. The van der Waals surface area contributed by atoms with Crippen molar-refractivity contribution in [3.05, 3.63) is 52.8 Å². The van der Waals surface area contributed by atoms with E-state index in [-0.39, 0.29) is 24.0 Å². The van der Waals surface area contributed by atoms with Crippen LogP contribution < -0.4 is 10.6 Å². The van der Waals surface area contributed by atoms with Crippen LogP contribution in [-0.2, 0) is 24.9 Å². The van der Waals surface area contributed by atoms with Crippen LogP contribution in [0.25, 0.3) is 0 Å². The second-order valence-corrected chi connectivity index (χ2v) is 6.95. The highest BCUT2D eigenvalue weighted by Gasteiger charge is 2.09. The average molecular weight is 499 g/mol. The van der Waals surface area contributed by atoms with Crippen molar-refractivity contribution in [1.82, 2.24) is 20.4 Å². The highest BCUT2D eigenvalue weighted by atomic mass is 127. The Kier molecular flexibility index (Phi) is 11.1. The maximum Gasteiger partial charge on any atom is 0.191 e. The van der Waals surface area contributed by atoms with Crippen molar-refractivity contribution in [2.45, 2.75) is 40.8 Å². The summed E-state index contributed by atoms with van der Waals surface area (Å²) in [6.07, 6.45) is 0. The number of ether oxygens (including phenoxy) is 1. The Hall–Kier alpha value is -1.61. The molecule has 2 N–H and O–H groups in total. The van der Waals surface area contributed by atoms with Gasteiger partial charge in [-0.25, -0.2) is 4.99 Å². The van der Waals surface area contributed by atoms with Gasteiger partial charge in [0.05, 0.1) is 25.5 Å². The van der Waals surface area contributed by atoms with Gasteiger partial charge in [-0.05, 0) is 32.3 Å². The standard InChI is InChI=1S/C21H33N5O.HI/c1-6-22-21(24-13-20-17(3)25-26(5)18(20)4)23-12-16(2)14-27-15-19-10-8-7-9-11-19;/h7-11,16H,6,12-15H2,1-5H3,(H2,22,23,24);1H. The lowest BCUT2D eigenvalue weighted by atomic mass is 10.2. The molecule has 2 aromatic rings. The largest absolute Gasteiger partial charge is 0.376 e. The molecule has 0 aliphatic rings. The van der Waals surface area contributed by atoms with Gasteiger partial charge in [0.1, 0.15) is 0 Å². The van der Waals surface area contributed by atoms with Gasteiger partial charge >= 0.3 is 0 Å². The van der Waals surface area contributed by atoms with Crippen molar-refractivity contribution in [2.75, 3.05) is 19.7 Å². The third kappa shape index (κ3) is 7.79. The SMILES string of the molecule is CCNC(=NCc1c(C)nn(C)c1C)NCC(C)COCc1ccccc1.I. The van der Waals surface area contributed by atoms with E-state index in [1.807, 2.05) is 36.9 Å². The van der Waals surface area contributed by atoms with Crippen molar-refractivity contribution in [2.24, 2.45) is 18.0 Å². The van der Waals surface area contributed by atoms with Gasteiger partial charge in [-0.15, -0.1) is 24.0 Å². The van der Waals surface area contributed by atoms with Crippen molar-refractivity contribution in [1.29, 1.82) is 0 Å². The minimum atomic E-state index is 0. The van der Waals surface area contributed by atoms with E-state index in [2.05, 4.69) is 48.6 Å². The molecule has 1 aromatic heterocycles. The number of nitrogens with one attached hydrogen (secondary N) is 2. The predicted molar refractivity (Wildman–Crippen MR) is 126 cm³/mol. The fourth-order valence-electron chi connectivity index (χ4n) is 2.83. The molecule has 0 fully saturated rings. The molecule has 156 valence electrons. The third-order valence-electron chi connectivity index (χ3n) is 4.53. The lowest BCUT2D eigenvalue weighted by Crippen LogP contribution is -2.40. The molecule has 0 amide bonds. The minimum Gasteiger partial charge on any atom is -0.376 e. The number of aliphatic imine (C=N–C) groups is 1. The zero-order valence-electron chi connectivity index (χ0n) is 17.7. The number of guanidine groups is 1. The Bertz CT molecular complexity index is 730. The van der Waals surface area contributed by atoms with Gasteiger partial charge in [-0.1, -0.05) is 37.3 Å². The number of hydrogen-bond acceptors (Lipinski definition) is 3. The van der Waals surface area contributed by atoms with Crippen molar-refractivity contribution < 1.29 is 4.74 Å². The smallest absolute Gasteiger partial charge is 0.191 e. The van der Waals surface area contributed by atoms with Gasteiger partial charge in [0.2, 0.25) is 0 Å². The molecular weight excluding hydrogens is 465 g/mol. The predicted octanol–water partition coefficient (Wildman–Crippen LogP) is 3.56. The summed E-state index contributed by atoms with van der Waals surface area (Å²) in [5, 5.41) is 11.2. The summed E-state index contributed by atoms with van der Waals surface area (Å²) in [5.41, 5.74) is 4.59. The molecule has 0 radical (unpaired) electrons. The van der Waals surface area contributed by atoms with E-state index < -0.39 is 0 Å². The van der Waals surface area contributed by atoms with Crippen molar-refractivity contribution in [3.63, 3.8) is 0 Å². The molecule has 0 saturated carbocycles. The zero-order valence-corrected chi connectivity index (χ0v) is 20.0. The fraction of sp³-hybridized carbons (Fsp3) is 0.524. The summed E-state index contributed by atoms with van der Waals surface area (Å²) in [4.78, 5) is 4.72. The molecule has 6 nitrogen and oxygen atoms in total. The second-order valence-electron chi connectivity index (χ2n) is 6.95. The summed E-state index contributed by atoms with van der Waals surface area (Å²) in [6, 6.07) is 10.3. The number of rotatable bonds is 9. The summed E-state index contributed by atoms with van der Waals surface area (Å²) in [7, 11) is 1.97. The van der Waals surface area contributed by atoms with E-state index in [4.69, 9.17) is 9.73 Å². The molecule has 28 heavy (non-hydrogen) atoms. The van der Waals surface area contributed by atoms with E-state index in [0.717, 1.165) is 30.4 Å². The topological polar surface area (TPSA) is 63.5 Å². The van der Waals surface area contributed by atoms with Crippen LogP contribution in [0, 0.1) is 19.8 Å². The Morgan fingerprint density at radius 2 is 1.93 bits per heavy atom. The molecule has 1 aromatic carbocycles. The average Bonchev–Trinajstić information content (AvgIpc) is 2.90. The Morgan fingerprint density at radius 3 is 2.54 bits per heavy atom. The van der Waals surface area contributed by atoms with Gasteiger partial charge in [0.15, 0.2) is 5.96 Å². The van der Waals surface area contributed by atoms with Crippen LogP contribution in [-0.4, -0.2) is 35.4 Å². The fourth-order valence-corrected chi connectivity index (χ4v) is 2.83. The molecule has 7 heteroatoms. The highest BCUT2D eigenvalue weighted by molar-refractivity contribution is 14.0. The summed E-state index contributed by atoms with van der Waals surface area (Å²) < 4.78 is 7.74. The van der Waals surface area contributed by atoms with Crippen LogP contribution in [0.1, 0.15) is 36.4 Å². The van der Waals surface area contributed by atoms with Crippen molar-refractivity contribution in [3.8, 4) is 0 Å². The van der Waals surface area contributed by atoms with E-state index >= 15 is 0 Å². The molecule has 0 spiro atoms. The van der Waals surface area contributed by atoms with Crippen LogP contribution in [0.4, 0.5) is 0 Å². The second kappa shape index (κ2) is 12.8. The maximum atomic E-state index is 5.83. The number of halogens is 1. The highest BCUT2D eigenvalue weighted by Crippen LogP contribution is 2.12. The van der Waals surface area contributed by atoms with Crippen LogP contribution >= 0.6 is 24.0 Å². The molecule has 0 bridgehead atoms. The lowest BCUT2D eigenvalue weighted by Gasteiger charge is -2.16. The molecular formula is C21H34IN5O. The van der Waals surface area contributed by atoms with E-state index in [1.165, 1.54) is 11.1 Å². The molecule has 2 rings (SSSR count). The molecule has 0 saturated heterocycles. The number of hydrogen-bond donors (Lipinski definition) is 2. The third-order valence-corrected chi connectivity index (χ3v) is 4.53. The number of benzene rings is 1. The molecule has 0 aliphatic heterocycles. The monoisotopic (exact) mass is 499 g/mol. The van der Waals surface area contributed by atoms with Crippen LogP contribution in [0.15, 0.2) is 35.3 Å². The lowest BCUT2D eigenvalue weighted by molar-refractivity contribution is 0.0931. The minimum absolute atomic E-state index is 0. The molecule has 1 unspecified atom stereocenters. The Balaban J connectivity index is 0.00000392. The van der Waals surface area contributed by atoms with Crippen LogP contribution in [0.2, 0.25) is 0 Å². The van der Waals surface area contributed by atoms with Gasteiger partial charge in [-0.2, -0.15) is 5.10 Å². The summed E-state index contributed by atoms with van der Waals surface area (Å²) in [5.74, 6) is 1.22. The van der Waals surface area contributed by atoms with Gasteiger partial charge in [0.25, 0.3) is 0 Å². The summed E-state index contributed by atoms with van der Waals surface area (Å²) in [6.45, 7) is 12.0. The molecule has 1 atom stereocenters. The molecule has 0 aliphatic carbocycles. The van der Waals surface area contributed by atoms with Gasteiger partial charge in [0, 0.05) is 31.4 Å². The number of nitrogens with zero attached hydrogens (tertiary/aromatic N) is 3. The normalized spacial score (nSPS) is 12.4. The summed E-state index contributed by atoms with van der Waals surface area (Å²) >= 11 is 0.